The number of non-ortho nitro benzene ring substituents is 1. The van der Waals surface area contributed by atoms with Gasteiger partial charge in [0, 0.05) is 31.2 Å². The molecule has 2 atom stereocenters. The lowest BCUT2D eigenvalue weighted by Gasteiger charge is -2.24. The third-order valence-corrected chi connectivity index (χ3v) is 7.04. The number of carbonyl (C=O) groups excluding carboxylic acids is 4. The minimum absolute atomic E-state index is 0.0548. The molecule has 2 heterocycles. The molecule has 1 aliphatic rings. The third-order valence-electron chi connectivity index (χ3n) is 5.85. The molecule has 42 heavy (non-hydrogen) atoms. The maximum atomic E-state index is 13.6. The van der Waals surface area contributed by atoms with Crippen LogP contribution in [0.25, 0.3) is 0 Å². The summed E-state index contributed by atoms with van der Waals surface area (Å²) in [6, 6.07) is 6.06. The van der Waals surface area contributed by atoms with Gasteiger partial charge >= 0.3 is 12.1 Å². The van der Waals surface area contributed by atoms with Crippen molar-refractivity contribution in [3.63, 3.8) is 0 Å². The average Bonchev–Trinajstić information content (AvgIpc) is 3.44. The fraction of sp³-hybridized carbons (Fsp3) is 0.500. The second-order valence-corrected chi connectivity index (χ2v) is 13.4. The van der Waals surface area contributed by atoms with Crippen LogP contribution in [0.2, 0.25) is 0 Å². The summed E-state index contributed by atoms with van der Waals surface area (Å²) in [6.07, 6.45) is -0.543. The molecule has 228 valence electrons. The number of likely N-dealkylation sites (tertiary alicyclic amines) is 1. The molecule has 1 aliphatic heterocycles. The monoisotopic (exact) mass is 621 g/mol. The Bertz CT molecular complexity index is 1340. The van der Waals surface area contributed by atoms with Crippen LogP contribution in [0.15, 0.2) is 30.3 Å². The summed E-state index contributed by atoms with van der Waals surface area (Å²) in [5, 5.41) is 13.6. The molecule has 0 radical (unpaired) electrons. The number of carbonyl (C=O) groups is 4. The van der Waals surface area contributed by atoms with E-state index in [0.29, 0.717) is 5.56 Å². The molecule has 0 spiro atoms. The van der Waals surface area contributed by atoms with Gasteiger partial charge in [-0.3, -0.25) is 24.6 Å². The number of hydrogen-bond acceptors (Lipinski definition) is 10. The lowest BCUT2D eigenvalue weighted by atomic mass is 10.0. The van der Waals surface area contributed by atoms with E-state index in [9.17, 15) is 29.3 Å². The van der Waals surface area contributed by atoms with E-state index in [2.05, 4.69) is 17.9 Å². The van der Waals surface area contributed by atoms with Crippen molar-refractivity contribution in [1.29, 1.82) is 0 Å². The van der Waals surface area contributed by atoms with Crippen LogP contribution in [0.3, 0.4) is 0 Å². The first-order chi connectivity index (χ1) is 19.4. The fourth-order valence-electron chi connectivity index (χ4n) is 4.20. The van der Waals surface area contributed by atoms with E-state index in [1.807, 2.05) is 20.8 Å². The molecule has 1 aromatic carbocycles. The smallest absolute Gasteiger partial charge is 0.410 e. The predicted octanol–water partition coefficient (Wildman–Crippen LogP) is 5.60. The van der Waals surface area contributed by atoms with Crippen molar-refractivity contribution in [3.05, 3.63) is 50.9 Å². The number of rotatable bonds is 9. The van der Waals surface area contributed by atoms with Gasteiger partial charge in [-0.15, -0.1) is 24.0 Å². The first-order valence-corrected chi connectivity index (χ1v) is 14.4. The Morgan fingerprint density at radius 2 is 1.74 bits per heavy atom. The number of esters is 1. The van der Waals surface area contributed by atoms with Gasteiger partial charge in [0.25, 0.3) is 5.69 Å². The molecular formula is C28H35N3O9S2. The van der Waals surface area contributed by atoms with Gasteiger partial charge in [-0.25, -0.2) is 9.59 Å². The number of anilines is 1. The summed E-state index contributed by atoms with van der Waals surface area (Å²) < 4.78 is 16.9. The maximum Gasteiger partial charge on any atom is 0.410 e. The quantitative estimate of drug-likeness (QED) is 0.158. The number of benzene rings is 1. The zero-order valence-electron chi connectivity index (χ0n) is 24.3. The van der Waals surface area contributed by atoms with Gasteiger partial charge < -0.3 is 19.5 Å². The van der Waals surface area contributed by atoms with E-state index < -0.39 is 40.1 Å². The number of nitro benzene ring substituents is 1. The van der Waals surface area contributed by atoms with E-state index in [-0.39, 0.29) is 58.3 Å². The number of nitrogens with zero attached hydrogens (tertiary/aromatic N) is 2. The predicted molar refractivity (Wildman–Crippen MR) is 159 cm³/mol. The zero-order chi connectivity index (χ0) is 31.4. The van der Waals surface area contributed by atoms with E-state index in [0.717, 1.165) is 11.3 Å². The van der Waals surface area contributed by atoms with Crippen molar-refractivity contribution in [2.24, 2.45) is 5.92 Å². The minimum atomic E-state index is -0.985. The first-order valence-electron chi connectivity index (χ1n) is 13.2. The van der Waals surface area contributed by atoms with E-state index >= 15 is 0 Å². The van der Waals surface area contributed by atoms with Crippen LogP contribution in [0.5, 0.6) is 5.75 Å². The van der Waals surface area contributed by atoms with Gasteiger partial charge in [0.15, 0.2) is 10.9 Å². The summed E-state index contributed by atoms with van der Waals surface area (Å²) in [5.74, 6) is -1.18. The molecule has 3 rings (SSSR count). The third kappa shape index (κ3) is 9.44. The Labute approximate surface area is 253 Å². The SMILES string of the molecule is CC(C)(C)OC(=O)c1cc(OC(C)(C)C)c(NC(=O)[C@@H]2CC(CC(=O)S)CN2C(=O)OCc2ccc([N+](=O)[O-])cc2)s1. The van der Waals surface area contributed by atoms with Crippen LogP contribution in [-0.2, 0) is 25.7 Å². The number of nitrogens with one attached hydrogen (secondary N) is 1. The largest absolute Gasteiger partial charge is 0.485 e. The highest BCUT2D eigenvalue weighted by Crippen LogP contribution is 2.39. The Kier molecular flexibility index (Phi) is 10.3. The highest BCUT2D eigenvalue weighted by molar-refractivity contribution is 7.96. The number of amides is 2. The average molecular weight is 622 g/mol. The van der Waals surface area contributed by atoms with Crippen LogP contribution in [0.1, 0.15) is 69.6 Å². The van der Waals surface area contributed by atoms with E-state index in [1.165, 1.54) is 35.2 Å². The highest BCUT2D eigenvalue weighted by Gasteiger charge is 2.41. The summed E-state index contributed by atoms with van der Waals surface area (Å²) in [4.78, 5) is 62.9. The van der Waals surface area contributed by atoms with Gasteiger partial charge in [-0.05, 0) is 71.6 Å². The number of ether oxygens (including phenoxy) is 3. The van der Waals surface area contributed by atoms with Crippen LogP contribution in [-0.4, -0.2) is 56.7 Å². The van der Waals surface area contributed by atoms with Crippen molar-refractivity contribution in [2.45, 2.75) is 78.2 Å². The fourth-order valence-corrected chi connectivity index (χ4v) is 5.32. The summed E-state index contributed by atoms with van der Waals surface area (Å²) in [6.45, 7) is 10.6. The van der Waals surface area contributed by atoms with Crippen molar-refractivity contribution >= 4 is 57.7 Å². The van der Waals surface area contributed by atoms with E-state index in [4.69, 9.17) is 14.2 Å². The maximum absolute atomic E-state index is 13.6. The second kappa shape index (κ2) is 13.1. The molecular weight excluding hydrogens is 586 g/mol. The van der Waals surface area contributed by atoms with Gasteiger partial charge in [-0.1, -0.05) is 0 Å². The Morgan fingerprint density at radius 1 is 1.10 bits per heavy atom. The topological polar surface area (TPSA) is 154 Å². The molecule has 1 saturated heterocycles. The molecule has 1 fully saturated rings. The van der Waals surface area contributed by atoms with Crippen molar-refractivity contribution in [2.75, 3.05) is 11.9 Å². The first kappa shape index (κ1) is 32.9. The van der Waals surface area contributed by atoms with E-state index in [1.54, 1.807) is 20.8 Å². The summed E-state index contributed by atoms with van der Waals surface area (Å²) in [5.41, 5.74) is -0.953. The van der Waals surface area contributed by atoms with Gasteiger partial charge in [-0.2, -0.15) is 0 Å². The standard InChI is InChI=1S/C28H35N3O9S2/c1-27(2,3)39-20-13-21(25(34)40-28(4,5)6)42-24(20)29-23(33)19-11-17(12-22(32)41)14-30(19)26(35)38-15-16-7-9-18(10-8-16)31(36)37/h7-10,13,17,19H,11-12,14-15H2,1-6H3,(H,29,33)(H,32,41)/t17?,19-/m0/s1. The molecule has 1 unspecified atom stereocenters. The van der Waals surface area contributed by atoms with Crippen LogP contribution >= 0.6 is 24.0 Å². The molecule has 1 N–H and O–H groups in total. The number of thiol groups is 1. The molecule has 0 bridgehead atoms. The Balaban J connectivity index is 1.81. The zero-order valence-corrected chi connectivity index (χ0v) is 26.0. The van der Waals surface area contributed by atoms with Crippen molar-refractivity contribution in [3.8, 4) is 5.75 Å². The number of thiophene rings is 1. The second-order valence-electron chi connectivity index (χ2n) is 11.9. The van der Waals surface area contributed by atoms with Gasteiger partial charge in [0.05, 0.1) is 4.92 Å². The number of nitro groups is 1. The summed E-state index contributed by atoms with van der Waals surface area (Å²) >= 11 is 4.84. The molecule has 0 saturated carbocycles. The van der Waals surface area contributed by atoms with Gasteiger partial charge in [0.2, 0.25) is 5.91 Å². The molecule has 12 nitrogen and oxygen atoms in total. The lowest BCUT2D eigenvalue weighted by Crippen LogP contribution is -2.43. The lowest BCUT2D eigenvalue weighted by molar-refractivity contribution is -0.384. The molecule has 0 aliphatic carbocycles. The van der Waals surface area contributed by atoms with Gasteiger partial charge in [0.1, 0.15) is 33.7 Å². The molecule has 2 aromatic rings. The molecule has 1 aromatic heterocycles. The van der Waals surface area contributed by atoms with Crippen molar-refractivity contribution < 1.29 is 38.3 Å². The highest BCUT2D eigenvalue weighted by atomic mass is 32.1. The molecule has 2 amide bonds. The number of hydrogen-bond donors (Lipinski definition) is 2. The van der Waals surface area contributed by atoms with Crippen LogP contribution in [0.4, 0.5) is 15.5 Å². The van der Waals surface area contributed by atoms with Crippen molar-refractivity contribution in [1.82, 2.24) is 4.90 Å². The Morgan fingerprint density at radius 3 is 2.29 bits per heavy atom. The normalized spacial score (nSPS) is 17.0. The Hall–Kier alpha value is -3.65. The minimum Gasteiger partial charge on any atom is -0.485 e. The molecule has 14 heteroatoms. The van der Waals surface area contributed by atoms with Crippen LogP contribution in [0, 0.1) is 16.0 Å². The van der Waals surface area contributed by atoms with Crippen LogP contribution < -0.4 is 10.1 Å². The summed E-state index contributed by atoms with van der Waals surface area (Å²) in [7, 11) is 0.